The standard InChI is InChI=1S/C21H23FN4O2/c22-17-3-1-2-14(8-17)12-26-7-5-15(10-21(27)28)16(13-26)9-20-24-18-4-6-23-11-19(18)25-20/h1-4,6,8,11,15-16H,5,7,9-10,12-13H2,(H,24,25)(H,27,28). The molecule has 0 radical (unpaired) electrons. The summed E-state index contributed by atoms with van der Waals surface area (Å²) in [6, 6.07) is 8.52. The van der Waals surface area contributed by atoms with E-state index in [0.717, 1.165) is 41.9 Å². The Morgan fingerprint density at radius 3 is 3.00 bits per heavy atom. The molecule has 7 heteroatoms. The van der Waals surface area contributed by atoms with Gasteiger partial charge in [0.2, 0.25) is 0 Å². The van der Waals surface area contributed by atoms with E-state index in [2.05, 4.69) is 19.9 Å². The second-order valence-corrected chi connectivity index (χ2v) is 7.55. The molecule has 1 saturated heterocycles. The maximum absolute atomic E-state index is 13.5. The van der Waals surface area contributed by atoms with E-state index >= 15 is 0 Å². The number of carboxylic acids is 1. The van der Waals surface area contributed by atoms with Gasteiger partial charge in [-0.15, -0.1) is 0 Å². The van der Waals surface area contributed by atoms with Crippen LogP contribution in [0.5, 0.6) is 0 Å². The summed E-state index contributed by atoms with van der Waals surface area (Å²) in [6.45, 7) is 2.25. The minimum atomic E-state index is -0.762. The van der Waals surface area contributed by atoms with Gasteiger partial charge in [0.25, 0.3) is 0 Å². The molecule has 4 rings (SSSR count). The minimum Gasteiger partial charge on any atom is -0.481 e. The van der Waals surface area contributed by atoms with E-state index < -0.39 is 5.97 Å². The lowest BCUT2D eigenvalue weighted by Gasteiger charge is -2.38. The van der Waals surface area contributed by atoms with Gasteiger partial charge in [-0.25, -0.2) is 9.37 Å². The first-order chi connectivity index (χ1) is 13.6. The number of pyridine rings is 1. The van der Waals surface area contributed by atoms with E-state index in [0.29, 0.717) is 13.0 Å². The topological polar surface area (TPSA) is 82.1 Å². The lowest BCUT2D eigenvalue weighted by atomic mass is 9.81. The fraction of sp³-hybridized carbons (Fsp3) is 0.381. The van der Waals surface area contributed by atoms with Crippen molar-refractivity contribution in [1.82, 2.24) is 19.9 Å². The average molecular weight is 382 g/mol. The highest BCUT2D eigenvalue weighted by molar-refractivity contribution is 5.73. The van der Waals surface area contributed by atoms with E-state index in [1.807, 2.05) is 12.1 Å². The van der Waals surface area contributed by atoms with Crippen LogP contribution >= 0.6 is 0 Å². The summed E-state index contributed by atoms with van der Waals surface area (Å²) in [5, 5.41) is 9.31. The summed E-state index contributed by atoms with van der Waals surface area (Å²) in [6.07, 6.45) is 5.12. The molecule has 2 aromatic heterocycles. The number of aliphatic carboxylic acids is 1. The molecule has 6 nitrogen and oxygen atoms in total. The van der Waals surface area contributed by atoms with Crippen molar-refractivity contribution >= 4 is 17.0 Å². The molecule has 1 aliphatic heterocycles. The Balaban J connectivity index is 1.50. The summed E-state index contributed by atoms with van der Waals surface area (Å²) < 4.78 is 13.5. The number of halogens is 1. The second kappa shape index (κ2) is 8.06. The molecule has 2 atom stereocenters. The number of H-pyrrole nitrogens is 1. The van der Waals surface area contributed by atoms with Crippen LogP contribution in [0.4, 0.5) is 4.39 Å². The van der Waals surface area contributed by atoms with Crippen molar-refractivity contribution in [1.29, 1.82) is 0 Å². The summed E-state index contributed by atoms with van der Waals surface area (Å²) in [7, 11) is 0. The molecule has 1 aliphatic rings. The van der Waals surface area contributed by atoms with Crippen LogP contribution in [-0.4, -0.2) is 44.0 Å². The maximum atomic E-state index is 13.5. The fourth-order valence-electron chi connectivity index (χ4n) is 4.17. The second-order valence-electron chi connectivity index (χ2n) is 7.55. The van der Waals surface area contributed by atoms with Crippen LogP contribution in [0, 0.1) is 17.7 Å². The van der Waals surface area contributed by atoms with Gasteiger partial charge in [-0.05, 0) is 48.6 Å². The zero-order chi connectivity index (χ0) is 19.5. The van der Waals surface area contributed by atoms with Gasteiger partial charge < -0.3 is 10.1 Å². The molecule has 2 unspecified atom stereocenters. The summed E-state index contributed by atoms with van der Waals surface area (Å²) >= 11 is 0. The normalized spacial score (nSPS) is 20.5. The van der Waals surface area contributed by atoms with Crippen molar-refractivity contribution in [3.8, 4) is 0 Å². The lowest BCUT2D eigenvalue weighted by Crippen LogP contribution is -2.41. The Hall–Kier alpha value is -2.80. The van der Waals surface area contributed by atoms with Crippen LogP contribution in [0.2, 0.25) is 0 Å². The van der Waals surface area contributed by atoms with Crippen LogP contribution in [-0.2, 0) is 17.8 Å². The van der Waals surface area contributed by atoms with Crippen LogP contribution in [0.1, 0.15) is 24.2 Å². The van der Waals surface area contributed by atoms with Crippen LogP contribution in [0.15, 0.2) is 42.7 Å². The lowest BCUT2D eigenvalue weighted by molar-refractivity contribution is -0.139. The fourth-order valence-corrected chi connectivity index (χ4v) is 4.17. The van der Waals surface area contributed by atoms with E-state index in [9.17, 15) is 14.3 Å². The number of carboxylic acid groups (broad SMARTS) is 1. The molecular formula is C21H23FN4O2. The van der Waals surface area contributed by atoms with E-state index in [1.165, 1.54) is 6.07 Å². The molecule has 0 amide bonds. The van der Waals surface area contributed by atoms with E-state index in [1.54, 1.807) is 24.5 Å². The number of likely N-dealkylation sites (tertiary alicyclic amines) is 1. The highest BCUT2D eigenvalue weighted by Crippen LogP contribution is 2.30. The van der Waals surface area contributed by atoms with Gasteiger partial charge in [-0.2, -0.15) is 0 Å². The zero-order valence-corrected chi connectivity index (χ0v) is 15.5. The number of hydrogen-bond acceptors (Lipinski definition) is 4. The quantitative estimate of drug-likeness (QED) is 0.684. The Morgan fingerprint density at radius 2 is 2.21 bits per heavy atom. The van der Waals surface area contributed by atoms with Gasteiger partial charge in [0, 0.05) is 32.1 Å². The van der Waals surface area contributed by atoms with Crippen LogP contribution in [0.25, 0.3) is 11.0 Å². The molecule has 146 valence electrons. The number of piperidine rings is 1. The highest BCUT2D eigenvalue weighted by atomic mass is 19.1. The number of imidazole rings is 1. The van der Waals surface area contributed by atoms with Gasteiger partial charge in [0.1, 0.15) is 11.6 Å². The molecule has 3 heterocycles. The number of carbonyl (C=O) groups is 1. The monoisotopic (exact) mass is 382 g/mol. The average Bonchev–Trinajstić information content (AvgIpc) is 3.06. The van der Waals surface area contributed by atoms with Crippen molar-refractivity contribution in [3.05, 3.63) is 59.9 Å². The van der Waals surface area contributed by atoms with Crippen molar-refractivity contribution in [2.75, 3.05) is 13.1 Å². The number of nitrogens with one attached hydrogen (secondary N) is 1. The predicted octanol–water partition coefficient (Wildman–Crippen LogP) is 3.25. The molecule has 1 fully saturated rings. The zero-order valence-electron chi connectivity index (χ0n) is 15.5. The third-order valence-electron chi connectivity index (χ3n) is 5.50. The smallest absolute Gasteiger partial charge is 0.303 e. The van der Waals surface area contributed by atoms with Crippen molar-refractivity contribution in [3.63, 3.8) is 0 Å². The highest BCUT2D eigenvalue weighted by Gasteiger charge is 2.31. The SMILES string of the molecule is O=C(O)CC1CCN(Cc2cccc(F)c2)CC1Cc1nc2ccncc2[nH]1. The molecule has 0 spiro atoms. The third-order valence-corrected chi connectivity index (χ3v) is 5.50. The largest absolute Gasteiger partial charge is 0.481 e. The number of hydrogen-bond donors (Lipinski definition) is 2. The Kier molecular flexibility index (Phi) is 5.34. The molecule has 0 aliphatic carbocycles. The van der Waals surface area contributed by atoms with Crippen molar-refractivity contribution < 1.29 is 14.3 Å². The summed E-state index contributed by atoms with van der Waals surface area (Å²) in [4.78, 5) is 25.6. The van der Waals surface area contributed by atoms with Gasteiger partial charge in [-0.1, -0.05) is 12.1 Å². The maximum Gasteiger partial charge on any atom is 0.303 e. The molecule has 0 saturated carbocycles. The third kappa shape index (κ3) is 4.36. The van der Waals surface area contributed by atoms with E-state index in [4.69, 9.17) is 0 Å². The first-order valence-electron chi connectivity index (χ1n) is 9.54. The van der Waals surface area contributed by atoms with Crippen molar-refractivity contribution in [2.24, 2.45) is 11.8 Å². The molecule has 1 aromatic carbocycles. The summed E-state index contributed by atoms with van der Waals surface area (Å²) in [5.74, 6) is 0.142. The van der Waals surface area contributed by atoms with Crippen molar-refractivity contribution in [2.45, 2.75) is 25.8 Å². The molecule has 3 aromatic rings. The number of nitrogens with zero attached hydrogens (tertiary/aromatic N) is 3. The Morgan fingerprint density at radius 1 is 1.32 bits per heavy atom. The Labute approximate surface area is 162 Å². The van der Waals surface area contributed by atoms with Crippen LogP contribution < -0.4 is 0 Å². The summed E-state index contributed by atoms with van der Waals surface area (Å²) in [5.41, 5.74) is 2.69. The number of fused-ring (bicyclic) bond motifs is 1. The van der Waals surface area contributed by atoms with Gasteiger partial charge in [-0.3, -0.25) is 14.7 Å². The molecule has 28 heavy (non-hydrogen) atoms. The first kappa shape index (κ1) is 18.6. The number of aromatic amines is 1. The molecular weight excluding hydrogens is 359 g/mol. The van der Waals surface area contributed by atoms with Gasteiger partial charge in [0.05, 0.1) is 17.2 Å². The number of rotatable bonds is 6. The Bertz CT molecular complexity index is 941. The van der Waals surface area contributed by atoms with Gasteiger partial charge >= 0.3 is 5.97 Å². The molecule has 2 N–H and O–H groups in total. The predicted molar refractivity (Wildman–Crippen MR) is 103 cm³/mol. The number of benzene rings is 1. The first-order valence-corrected chi connectivity index (χ1v) is 9.54. The van der Waals surface area contributed by atoms with Gasteiger partial charge in [0.15, 0.2) is 0 Å². The van der Waals surface area contributed by atoms with Crippen LogP contribution in [0.3, 0.4) is 0 Å². The minimum absolute atomic E-state index is 0.104. The van der Waals surface area contributed by atoms with E-state index in [-0.39, 0.29) is 24.1 Å². The number of aromatic nitrogens is 3. The molecule has 0 bridgehead atoms.